The van der Waals surface area contributed by atoms with E-state index in [-0.39, 0.29) is 11.7 Å². The van der Waals surface area contributed by atoms with Crippen molar-refractivity contribution >= 4 is 27.3 Å². The number of carbonyl (C=O) groups is 1. The maximum absolute atomic E-state index is 13.1. The molecule has 0 saturated heterocycles. The van der Waals surface area contributed by atoms with Crippen LogP contribution in [0.3, 0.4) is 0 Å². The van der Waals surface area contributed by atoms with Crippen molar-refractivity contribution in [1.29, 1.82) is 0 Å². The number of para-hydroxylation sites is 1. The fourth-order valence-electron chi connectivity index (χ4n) is 3.68. The van der Waals surface area contributed by atoms with Gasteiger partial charge in [-0.3, -0.25) is 4.79 Å². The molecule has 0 radical (unpaired) electrons. The van der Waals surface area contributed by atoms with Crippen LogP contribution >= 0.6 is 11.6 Å². The third-order valence-electron chi connectivity index (χ3n) is 5.31. The van der Waals surface area contributed by atoms with Crippen molar-refractivity contribution in [3.63, 3.8) is 0 Å². The molecule has 1 heterocycles. The molecule has 1 aromatic heterocycles. The zero-order chi connectivity index (χ0) is 24.3. The smallest absolute Gasteiger partial charge is 0.253 e. The largest absolute Gasteiger partial charge is 0.337 e. The average molecular weight is 494 g/mol. The van der Waals surface area contributed by atoms with Crippen molar-refractivity contribution in [2.24, 2.45) is 0 Å². The summed E-state index contributed by atoms with van der Waals surface area (Å²) in [5.41, 5.74) is 4.61. The number of rotatable bonds is 7. The topological polar surface area (TPSA) is 72.3 Å². The summed E-state index contributed by atoms with van der Waals surface area (Å²) < 4.78 is 24.8. The zero-order valence-corrected chi connectivity index (χ0v) is 20.4. The van der Waals surface area contributed by atoms with Gasteiger partial charge in [-0.25, -0.2) is 13.1 Å². The second-order valence-corrected chi connectivity index (χ2v) is 10.8. The van der Waals surface area contributed by atoms with Crippen molar-refractivity contribution in [2.75, 3.05) is 13.3 Å². The molecule has 3 aromatic carbocycles. The van der Waals surface area contributed by atoms with Gasteiger partial charge in [-0.1, -0.05) is 54.1 Å². The third-order valence-corrected chi connectivity index (χ3v) is 6.42. The summed E-state index contributed by atoms with van der Waals surface area (Å²) in [6.07, 6.45) is 3.12. The molecule has 174 valence electrons. The maximum Gasteiger partial charge on any atom is 0.253 e. The molecule has 0 spiro atoms. The second-order valence-electron chi connectivity index (χ2n) is 8.22. The van der Waals surface area contributed by atoms with Crippen LogP contribution in [0.1, 0.15) is 21.5 Å². The van der Waals surface area contributed by atoms with E-state index in [1.807, 2.05) is 60.8 Å². The Morgan fingerprint density at radius 2 is 1.62 bits per heavy atom. The normalized spacial score (nSPS) is 11.4. The van der Waals surface area contributed by atoms with E-state index < -0.39 is 9.84 Å². The van der Waals surface area contributed by atoms with E-state index in [2.05, 4.69) is 0 Å². The number of aromatic nitrogens is 2. The van der Waals surface area contributed by atoms with Gasteiger partial charge in [0.1, 0.15) is 0 Å². The summed E-state index contributed by atoms with van der Waals surface area (Å²) in [5, 5.41) is 5.43. The van der Waals surface area contributed by atoms with Gasteiger partial charge < -0.3 is 4.90 Å². The van der Waals surface area contributed by atoms with Crippen LogP contribution in [0.15, 0.2) is 85.1 Å². The highest BCUT2D eigenvalue weighted by atomic mass is 35.5. The monoisotopic (exact) mass is 493 g/mol. The molecule has 0 atom stereocenters. The Balaban J connectivity index is 1.61. The van der Waals surface area contributed by atoms with E-state index in [9.17, 15) is 13.2 Å². The van der Waals surface area contributed by atoms with Crippen molar-refractivity contribution in [3.8, 4) is 16.9 Å². The highest BCUT2D eigenvalue weighted by Gasteiger charge is 2.18. The van der Waals surface area contributed by atoms with E-state index in [1.54, 1.807) is 40.9 Å². The van der Waals surface area contributed by atoms with Gasteiger partial charge in [0.15, 0.2) is 9.84 Å². The molecular weight excluding hydrogens is 470 g/mol. The Hall–Kier alpha value is -3.42. The molecular formula is C26H24ClN3O3S. The van der Waals surface area contributed by atoms with Gasteiger partial charge in [0.25, 0.3) is 5.91 Å². The van der Waals surface area contributed by atoms with Crippen LogP contribution in [0.5, 0.6) is 0 Å². The molecule has 0 bridgehead atoms. The van der Waals surface area contributed by atoms with Crippen LogP contribution in [-0.2, 0) is 22.1 Å². The molecule has 0 aliphatic heterocycles. The minimum absolute atomic E-state index is 0.0551. The quantitative estimate of drug-likeness (QED) is 0.363. The lowest BCUT2D eigenvalue weighted by Crippen LogP contribution is -2.26. The Kier molecular flexibility index (Phi) is 6.86. The highest BCUT2D eigenvalue weighted by molar-refractivity contribution is 7.89. The molecule has 6 nitrogen and oxygen atoms in total. The molecule has 34 heavy (non-hydrogen) atoms. The Bertz CT molecular complexity index is 1400. The lowest BCUT2D eigenvalue weighted by atomic mass is 10.1. The molecule has 0 aliphatic carbocycles. The van der Waals surface area contributed by atoms with Gasteiger partial charge >= 0.3 is 0 Å². The predicted molar refractivity (Wildman–Crippen MR) is 135 cm³/mol. The number of nitrogens with zero attached hydrogens (tertiary/aromatic N) is 3. The lowest BCUT2D eigenvalue weighted by Gasteiger charge is -2.17. The standard InChI is InChI=1S/C26H24ClN3O3S/c1-29(26(31)21-10-8-19(9-11-21)18-34(2,32)33)16-22-17-30(24-6-4-3-5-7-24)28-25(22)20-12-14-23(27)15-13-20/h3-15,17H,16,18H2,1-2H3. The number of carbonyl (C=O) groups excluding carboxylic acids is 1. The minimum atomic E-state index is -3.13. The maximum atomic E-state index is 13.1. The number of amides is 1. The average Bonchev–Trinajstić information content (AvgIpc) is 3.23. The SMILES string of the molecule is CN(Cc1cn(-c2ccccc2)nc1-c1ccc(Cl)cc1)C(=O)c1ccc(CS(C)(=O)=O)cc1. The molecule has 8 heteroatoms. The molecule has 0 unspecified atom stereocenters. The Labute approximate surface area is 204 Å². The first-order chi connectivity index (χ1) is 16.2. The first-order valence-corrected chi connectivity index (χ1v) is 13.1. The number of hydrogen-bond donors (Lipinski definition) is 0. The number of halogens is 1. The van der Waals surface area contributed by atoms with Crippen molar-refractivity contribution in [3.05, 3.63) is 107 Å². The Morgan fingerprint density at radius 3 is 2.24 bits per heavy atom. The summed E-state index contributed by atoms with van der Waals surface area (Å²) in [6.45, 7) is 0.342. The molecule has 1 amide bonds. The van der Waals surface area contributed by atoms with E-state index >= 15 is 0 Å². The minimum Gasteiger partial charge on any atom is -0.337 e. The van der Waals surface area contributed by atoms with Gasteiger partial charge in [0.2, 0.25) is 0 Å². The summed E-state index contributed by atoms with van der Waals surface area (Å²) in [4.78, 5) is 14.7. The van der Waals surface area contributed by atoms with E-state index in [0.29, 0.717) is 22.7 Å². The van der Waals surface area contributed by atoms with Crippen LogP contribution in [0.2, 0.25) is 5.02 Å². The fourth-order valence-corrected chi connectivity index (χ4v) is 4.61. The van der Waals surface area contributed by atoms with Gasteiger partial charge in [-0.15, -0.1) is 0 Å². The number of hydrogen-bond acceptors (Lipinski definition) is 4. The van der Waals surface area contributed by atoms with Crippen LogP contribution in [0.4, 0.5) is 0 Å². The highest BCUT2D eigenvalue weighted by Crippen LogP contribution is 2.26. The molecule has 0 fully saturated rings. The van der Waals surface area contributed by atoms with Gasteiger partial charge in [-0.2, -0.15) is 5.10 Å². The lowest BCUT2D eigenvalue weighted by molar-refractivity contribution is 0.0785. The molecule has 0 saturated carbocycles. The molecule has 4 aromatic rings. The van der Waals surface area contributed by atoms with Crippen molar-refractivity contribution in [2.45, 2.75) is 12.3 Å². The van der Waals surface area contributed by atoms with Crippen LogP contribution in [0.25, 0.3) is 16.9 Å². The summed E-state index contributed by atoms with van der Waals surface area (Å²) in [5.74, 6) is -0.221. The molecule has 0 N–H and O–H groups in total. The van der Waals surface area contributed by atoms with Crippen LogP contribution < -0.4 is 0 Å². The second kappa shape index (κ2) is 9.83. The first-order valence-electron chi connectivity index (χ1n) is 10.6. The van der Waals surface area contributed by atoms with Crippen LogP contribution in [-0.4, -0.2) is 42.3 Å². The zero-order valence-electron chi connectivity index (χ0n) is 18.8. The van der Waals surface area contributed by atoms with Gasteiger partial charge in [-0.05, 0) is 42.0 Å². The van der Waals surface area contributed by atoms with Gasteiger partial charge in [0, 0.05) is 47.8 Å². The molecule has 0 aliphatic rings. The molecule has 4 rings (SSSR count). The van der Waals surface area contributed by atoms with Crippen LogP contribution in [0, 0.1) is 0 Å². The van der Waals surface area contributed by atoms with E-state index in [4.69, 9.17) is 16.7 Å². The van der Waals surface area contributed by atoms with Crippen molar-refractivity contribution in [1.82, 2.24) is 14.7 Å². The summed E-state index contributed by atoms with van der Waals surface area (Å²) >= 11 is 6.07. The number of sulfone groups is 1. The third kappa shape index (κ3) is 5.73. The first kappa shape index (κ1) is 23.7. The van der Waals surface area contributed by atoms with Gasteiger partial charge in [0.05, 0.1) is 17.1 Å². The van der Waals surface area contributed by atoms with E-state index in [1.165, 1.54) is 6.26 Å². The van der Waals surface area contributed by atoms with E-state index in [0.717, 1.165) is 22.5 Å². The Morgan fingerprint density at radius 1 is 0.971 bits per heavy atom. The fraction of sp³-hybridized carbons (Fsp3) is 0.154. The number of benzene rings is 3. The summed E-state index contributed by atoms with van der Waals surface area (Å²) in [6, 6.07) is 23.9. The predicted octanol–water partition coefficient (Wildman–Crippen LogP) is 5.01. The van der Waals surface area contributed by atoms with Crippen molar-refractivity contribution < 1.29 is 13.2 Å². The summed E-state index contributed by atoms with van der Waals surface area (Å²) in [7, 11) is -1.40.